The van der Waals surface area contributed by atoms with E-state index in [2.05, 4.69) is 10.0 Å². The summed E-state index contributed by atoms with van der Waals surface area (Å²) >= 11 is 0. The second-order valence-corrected chi connectivity index (χ2v) is 7.53. The molecule has 8 nitrogen and oxygen atoms in total. The van der Waals surface area contributed by atoms with Gasteiger partial charge < -0.3 is 14.6 Å². The third kappa shape index (κ3) is 5.01. The number of carbonyl (C=O) groups is 1. The lowest BCUT2D eigenvalue weighted by molar-refractivity contribution is 0.102. The lowest BCUT2D eigenvalue weighted by Crippen LogP contribution is -2.35. The molecule has 2 N–H and O–H groups in total. The number of sulfonamides is 1. The minimum absolute atomic E-state index is 0.0760. The second kappa shape index (κ2) is 8.26. The molecule has 0 fully saturated rings. The number of nitrogens with zero attached hydrogens (tertiary/aromatic N) is 1. The van der Waals surface area contributed by atoms with Crippen LogP contribution in [0.2, 0.25) is 0 Å². The first-order chi connectivity index (χ1) is 12.2. The first-order valence-corrected chi connectivity index (χ1v) is 9.30. The Hall–Kier alpha value is -2.49. The summed E-state index contributed by atoms with van der Waals surface area (Å²) in [6, 6.07) is 8.13. The predicted octanol–water partition coefficient (Wildman–Crippen LogP) is 0.951. The zero-order valence-electron chi connectivity index (χ0n) is 14.7. The molecule has 1 unspecified atom stereocenters. The average Bonchev–Trinajstić information content (AvgIpc) is 2.57. The van der Waals surface area contributed by atoms with E-state index in [1.54, 1.807) is 14.0 Å². The maximum atomic E-state index is 12.3. The molecule has 0 saturated heterocycles. The van der Waals surface area contributed by atoms with Crippen molar-refractivity contribution in [1.82, 2.24) is 9.29 Å². The number of aryl methyl sites for hydroxylation is 1. The number of hydrogen-bond donors (Lipinski definition) is 2. The fourth-order valence-electron chi connectivity index (χ4n) is 2.23. The van der Waals surface area contributed by atoms with Crippen LogP contribution in [-0.4, -0.2) is 38.7 Å². The highest BCUT2D eigenvalue weighted by atomic mass is 32.2. The minimum atomic E-state index is -3.68. The van der Waals surface area contributed by atoms with Crippen molar-refractivity contribution in [3.05, 3.63) is 58.5 Å². The maximum absolute atomic E-state index is 12.3. The van der Waals surface area contributed by atoms with E-state index in [1.165, 1.54) is 54.3 Å². The number of hydrogen-bond acceptors (Lipinski definition) is 5. The van der Waals surface area contributed by atoms with Gasteiger partial charge >= 0.3 is 0 Å². The van der Waals surface area contributed by atoms with E-state index in [0.717, 1.165) is 0 Å². The van der Waals surface area contributed by atoms with Gasteiger partial charge in [0.2, 0.25) is 10.0 Å². The molecule has 1 atom stereocenters. The van der Waals surface area contributed by atoms with E-state index in [-0.39, 0.29) is 28.7 Å². The molecule has 0 bridgehead atoms. The number of amides is 1. The molecule has 0 aliphatic heterocycles. The van der Waals surface area contributed by atoms with Crippen LogP contribution < -0.4 is 15.6 Å². The van der Waals surface area contributed by atoms with E-state index >= 15 is 0 Å². The Bertz CT molecular complexity index is 936. The summed E-state index contributed by atoms with van der Waals surface area (Å²) in [7, 11) is -0.597. The van der Waals surface area contributed by atoms with Gasteiger partial charge in [-0.15, -0.1) is 0 Å². The molecular weight excluding hydrogens is 358 g/mol. The lowest BCUT2D eigenvalue weighted by atomic mass is 10.2. The molecule has 2 aromatic rings. The molecule has 26 heavy (non-hydrogen) atoms. The molecule has 1 aromatic heterocycles. The van der Waals surface area contributed by atoms with Crippen LogP contribution in [0.3, 0.4) is 0 Å². The molecular formula is C17H21N3O5S. The lowest BCUT2D eigenvalue weighted by Gasteiger charge is -2.13. The zero-order chi connectivity index (χ0) is 19.3. The molecule has 0 spiro atoms. The summed E-state index contributed by atoms with van der Waals surface area (Å²) in [5, 5.41) is 2.62. The average molecular weight is 379 g/mol. The van der Waals surface area contributed by atoms with Gasteiger partial charge in [-0.05, 0) is 37.3 Å². The molecule has 0 aliphatic rings. The Balaban J connectivity index is 2.10. The first kappa shape index (κ1) is 19.8. The van der Waals surface area contributed by atoms with E-state index in [1.807, 2.05) is 0 Å². The number of ether oxygens (including phenoxy) is 1. The van der Waals surface area contributed by atoms with Gasteiger partial charge in [-0.25, -0.2) is 13.1 Å². The molecule has 9 heteroatoms. The van der Waals surface area contributed by atoms with Crippen LogP contribution in [0.15, 0.2) is 52.3 Å². The van der Waals surface area contributed by atoms with Crippen LogP contribution in [-0.2, 0) is 21.8 Å². The number of aromatic nitrogens is 1. The second-order valence-electron chi connectivity index (χ2n) is 5.82. The molecule has 0 saturated carbocycles. The van der Waals surface area contributed by atoms with Crippen LogP contribution in [0, 0.1) is 0 Å². The predicted molar refractivity (Wildman–Crippen MR) is 97.7 cm³/mol. The Labute approximate surface area is 151 Å². The minimum Gasteiger partial charge on any atom is -0.383 e. The number of pyridine rings is 1. The van der Waals surface area contributed by atoms with Crippen molar-refractivity contribution in [2.75, 3.05) is 19.0 Å². The van der Waals surface area contributed by atoms with Crippen molar-refractivity contribution < 1.29 is 17.9 Å². The summed E-state index contributed by atoms with van der Waals surface area (Å²) < 4.78 is 33.3. The normalized spacial score (nSPS) is 12.6. The van der Waals surface area contributed by atoms with E-state index in [9.17, 15) is 18.0 Å². The molecule has 1 aromatic carbocycles. The maximum Gasteiger partial charge on any atom is 0.255 e. The van der Waals surface area contributed by atoms with E-state index < -0.39 is 15.9 Å². The number of rotatable bonds is 7. The number of carbonyl (C=O) groups excluding carboxylic acids is 1. The van der Waals surface area contributed by atoms with Crippen LogP contribution in [0.1, 0.15) is 17.3 Å². The fraction of sp³-hybridized carbons (Fsp3) is 0.294. The SMILES string of the molecule is COCC(C)NS(=O)(=O)c1ccc(NC(=O)c2ccn(C)c(=O)c2)cc1. The Morgan fingerprint density at radius 1 is 1.23 bits per heavy atom. The van der Waals surface area contributed by atoms with Crippen LogP contribution in [0.25, 0.3) is 0 Å². The number of benzene rings is 1. The highest BCUT2D eigenvalue weighted by Crippen LogP contribution is 2.15. The summed E-state index contributed by atoms with van der Waals surface area (Å²) in [6.07, 6.45) is 1.50. The van der Waals surface area contributed by atoms with Gasteiger partial charge in [0.15, 0.2) is 0 Å². The smallest absolute Gasteiger partial charge is 0.255 e. The molecule has 0 radical (unpaired) electrons. The number of anilines is 1. The fourth-order valence-corrected chi connectivity index (χ4v) is 3.46. The van der Waals surface area contributed by atoms with Crippen molar-refractivity contribution >= 4 is 21.6 Å². The van der Waals surface area contributed by atoms with Crippen molar-refractivity contribution in [3.8, 4) is 0 Å². The van der Waals surface area contributed by atoms with E-state index in [4.69, 9.17) is 4.74 Å². The highest BCUT2D eigenvalue weighted by Gasteiger charge is 2.17. The summed E-state index contributed by atoms with van der Waals surface area (Å²) in [5.74, 6) is -0.454. The number of methoxy groups -OCH3 is 1. The topological polar surface area (TPSA) is 106 Å². The van der Waals surface area contributed by atoms with Gasteiger partial charge in [0.05, 0.1) is 11.5 Å². The van der Waals surface area contributed by atoms with Gasteiger partial charge in [-0.3, -0.25) is 9.59 Å². The van der Waals surface area contributed by atoms with Crippen molar-refractivity contribution in [2.24, 2.45) is 7.05 Å². The van der Waals surface area contributed by atoms with Gasteiger partial charge in [0.1, 0.15) is 0 Å². The highest BCUT2D eigenvalue weighted by molar-refractivity contribution is 7.89. The monoisotopic (exact) mass is 379 g/mol. The standard InChI is InChI=1S/C17H21N3O5S/c1-12(11-25-3)19-26(23,24)15-6-4-14(5-7-15)18-17(22)13-8-9-20(2)16(21)10-13/h4-10,12,19H,11H2,1-3H3,(H,18,22). The van der Waals surface area contributed by atoms with E-state index in [0.29, 0.717) is 5.69 Å². The van der Waals surface area contributed by atoms with Crippen molar-refractivity contribution in [3.63, 3.8) is 0 Å². The third-order valence-electron chi connectivity index (χ3n) is 3.56. The third-order valence-corrected chi connectivity index (χ3v) is 5.17. The van der Waals surface area contributed by atoms with Crippen LogP contribution in [0.5, 0.6) is 0 Å². The van der Waals surface area contributed by atoms with Gasteiger partial charge in [-0.2, -0.15) is 0 Å². The molecule has 140 valence electrons. The van der Waals surface area contributed by atoms with Crippen molar-refractivity contribution in [1.29, 1.82) is 0 Å². The van der Waals surface area contributed by atoms with Crippen molar-refractivity contribution in [2.45, 2.75) is 17.9 Å². The summed E-state index contributed by atoms with van der Waals surface area (Å²) in [5.41, 5.74) is 0.342. The molecule has 2 rings (SSSR count). The van der Waals surface area contributed by atoms with Crippen LogP contribution >= 0.6 is 0 Å². The first-order valence-electron chi connectivity index (χ1n) is 7.82. The quantitative estimate of drug-likeness (QED) is 0.745. The Morgan fingerprint density at radius 2 is 1.88 bits per heavy atom. The molecule has 1 amide bonds. The molecule has 1 heterocycles. The zero-order valence-corrected chi connectivity index (χ0v) is 15.5. The molecule has 0 aliphatic carbocycles. The number of nitrogens with one attached hydrogen (secondary N) is 2. The Kier molecular flexibility index (Phi) is 6.30. The van der Waals surface area contributed by atoms with Gasteiger partial charge in [-0.1, -0.05) is 0 Å². The largest absolute Gasteiger partial charge is 0.383 e. The van der Waals surface area contributed by atoms with Crippen LogP contribution in [0.4, 0.5) is 5.69 Å². The van der Waals surface area contributed by atoms with Gasteiger partial charge in [0, 0.05) is 43.7 Å². The Morgan fingerprint density at radius 3 is 2.46 bits per heavy atom. The van der Waals surface area contributed by atoms with Gasteiger partial charge in [0.25, 0.3) is 11.5 Å². The summed E-state index contributed by atoms with van der Waals surface area (Å²) in [4.78, 5) is 23.8. The summed E-state index contributed by atoms with van der Waals surface area (Å²) in [6.45, 7) is 1.95.